The molecule has 158 valence electrons. The summed E-state index contributed by atoms with van der Waals surface area (Å²) < 4.78 is 5.30. The van der Waals surface area contributed by atoms with E-state index in [0.717, 1.165) is 16.8 Å². The highest BCUT2D eigenvalue weighted by atomic mass is 32.1. The van der Waals surface area contributed by atoms with Gasteiger partial charge in [-0.3, -0.25) is 15.5 Å². The van der Waals surface area contributed by atoms with Gasteiger partial charge in [0.15, 0.2) is 0 Å². The molecule has 8 nitrogen and oxygen atoms in total. The molecule has 0 saturated carbocycles. The number of anilines is 1. The summed E-state index contributed by atoms with van der Waals surface area (Å²) in [4.78, 5) is 26.8. The Labute approximate surface area is 187 Å². The first-order valence-electron chi connectivity index (χ1n) is 9.45. The zero-order valence-corrected chi connectivity index (χ0v) is 17.4. The maximum absolute atomic E-state index is 12.2. The van der Waals surface area contributed by atoms with Gasteiger partial charge in [0, 0.05) is 23.1 Å². The summed E-state index contributed by atoms with van der Waals surface area (Å²) in [6.45, 7) is 0. The highest BCUT2D eigenvalue weighted by Crippen LogP contribution is 2.24. The van der Waals surface area contributed by atoms with Crippen LogP contribution in [0.4, 0.5) is 10.8 Å². The van der Waals surface area contributed by atoms with Crippen molar-refractivity contribution in [2.24, 2.45) is 5.10 Å². The Balaban J connectivity index is 1.32. The quantitative estimate of drug-likeness (QED) is 0.135. The minimum absolute atomic E-state index is 0.0900. The largest absolute Gasteiger partial charge is 0.423 e. The van der Waals surface area contributed by atoms with Crippen LogP contribution >= 0.6 is 11.3 Å². The van der Waals surface area contributed by atoms with Gasteiger partial charge in [-0.25, -0.2) is 9.78 Å². The van der Waals surface area contributed by atoms with Gasteiger partial charge in [0.1, 0.15) is 5.75 Å². The first kappa shape index (κ1) is 20.9. The van der Waals surface area contributed by atoms with Crippen LogP contribution in [0.3, 0.4) is 0 Å². The third-order valence-corrected chi connectivity index (χ3v) is 5.10. The van der Waals surface area contributed by atoms with Gasteiger partial charge in [-0.1, -0.05) is 30.3 Å². The SMILES string of the molecule is O=C(Oc1ccc(C=NNc2nc(-c3ccccc3)cs2)cc1)c1ccc([N+](=O)[O-])cc1. The first-order valence-corrected chi connectivity index (χ1v) is 10.3. The number of nitro benzene ring substituents is 1. The molecule has 9 heteroatoms. The molecule has 0 aliphatic heterocycles. The minimum Gasteiger partial charge on any atom is -0.423 e. The van der Waals surface area contributed by atoms with Crippen molar-refractivity contribution in [1.82, 2.24) is 4.98 Å². The zero-order valence-electron chi connectivity index (χ0n) is 16.5. The van der Waals surface area contributed by atoms with E-state index in [1.807, 2.05) is 35.7 Å². The minimum atomic E-state index is -0.596. The number of hydrazone groups is 1. The van der Waals surface area contributed by atoms with Gasteiger partial charge < -0.3 is 4.74 Å². The molecule has 0 amide bonds. The van der Waals surface area contributed by atoms with E-state index < -0.39 is 10.9 Å². The smallest absolute Gasteiger partial charge is 0.343 e. The van der Waals surface area contributed by atoms with Gasteiger partial charge in [0.25, 0.3) is 5.69 Å². The lowest BCUT2D eigenvalue weighted by Crippen LogP contribution is -2.08. The Morgan fingerprint density at radius 1 is 1.03 bits per heavy atom. The number of carbonyl (C=O) groups is 1. The number of thiazole rings is 1. The predicted molar refractivity (Wildman–Crippen MR) is 123 cm³/mol. The van der Waals surface area contributed by atoms with E-state index in [2.05, 4.69) is 15.5 Å². The van der Waals surface area contributed by atoms with E-state index in [0.29, 0.717) is 10.9 Å². The summed E-state index contributed by atoms with van der Waals surface area (Å²) in [7, 11) is 0. The number of hydrogen-bond donors (Lipinski definition) is 1. The molecule has 0 aliphatic rings. The van der Waals surface area contributed by atoms with Crippen LogP contribution in [0.15, 0.2) is 89.3 Å². The fraction of sp³-hybridized carbons (Fsp3) is 0. The Bertz CT molecular complexity index is 1250. The normalized spacial score (nSPS) is 10.8. The van der Waals surface area contributed by atoms with Crippen molar-refractivity contribution in [2.45, 2.75) is 0 Å². The van der Waals surface area contributed by atoms with Crippen LogP contribution < -0.4 is 10.2 Å². The van der Waals surface area contributed by atoms with Gasteiger partial charge in [-0.15, -0.1) is 11.3 Å². The summed E-state index contributed by atoms with van der Waals surface area (Å²) in [6, 6.07) is 21.9. The molecule has 0 aliphatic carbocycles. The van der Waals surface area contributed by atoms with E-state index in [1.165, 1.54) is 35.6 Å². The van der Waals surface area contributed by atoms with E-state index in [9.17, 15) is 14.9 Å². The van der Waals surface area contributed by atoms with Crippen LogP contribution in [0.5, 0.6) is 5.75 Å². The molecular formula is C23H16N4O4S. The molecule has 0 saturated heterocycles. The number of aromatic nitrogens is 1. The average Bonchev–Trinajstić information content (AvgIpc) is 3.30. The Kier molecular flexibility index (Phi) is 6.28. The zero-order chi connectivity index (χ0) is 22.3. The van der Waals surface area contributed by atoms with Crippen molar-refractivity contribution >= 4 is 34.3 Å². The van der Waals surface area contributed by atoms with Gasteiger partial charge >= 0.3 is 5.97 Å². The monoisotopic (exact) mass is 444 g/mol. The summed E-state index contributed by atoms with van der Waals surface area (Å²) in [6.07, 6.45) is 1.63. The predicted octanol–water partition coefficient (Wildman–Crippen LogP) is 5.38. The van der Waals surface area contributed by atoms with Crippen molar-refractivity contribution in [1.29, 1.82) is 0 Å². The van der Waals surface area contributed by atoms with Crippen LogP contribution in [0, 0.1) is 10.1 Å². The maximum atomic E-state index is 12.2. The van der Waals surface area contributed by atoms with Gasteiger partial charge in [-0.05, 0) is 42.0 Å². The van der Waals surface area contributed by atoms with Gasteiger partial charge in [-0.2, -0.15) is 5.10 Å². The lowest BCUT2D eigenvalue weighted by molar-refractivity contribution is -0.384. The number of hydrogen-bond acceptors (Lipinski definition) is 8. The maximum Gasteiger partial charge on any atom is 0.343 e. The molecule has 1 N–H and O–H groups in total. The Morgan fingerprint density at radius 2 is 1.75 bits per heavy atom. The number of nitrogens with zero attached hydrogens (tertiary/aromatic N) is 3. The number of non-ortho nitro benzene ring substituents is 1. The molecule has 0 spiro atoms. The van der Waals surface area contributed by atoms with Crippen LogP contribution in [-0.2, 0) is 0 Å². The molecule has 0 radical (unpaired) electrons. The molecule has 0 fully saturated rings. The second kappa shape index (κ2) is 9.63. The van der Waals surface area contributed by atoms with Crippen LogP contribution in [-0.4, -0.2) is 22.1 Å². The van der Waals surface area contributed by atoms with E-state index in [4.69, 9.17) is 4.74 Å². The van der Waals surface area contributed by atoms with Crippen molar-refractivity contribution in [3.63, 3.8) is 0 Å². The third-order valence-electron chi connectivity index (χ3n) is 4.35. The van der Waals surface area contributed by atoms with Crippen LogP contribution in [0.1, 0.15) is 15.9 Å². The van der Waals surface area contributed by atoms with Crippen molar-refractivity contribution in [3.05, 3.63) is 105 Å². The summed E-state index contributed by atoms with van der Waals surface area (Å²) >= 11 is 1.46. The number of nitrogens with one attached hydrogen (secondary N) is 1. The van der Waals surface area contributed by atoms with Crippen LogP contribution in [0.2, 0.25) is 0 Å². The van der Waals surface area contributed by atoms with E-state index in [-0.39, 0.29) is 11.3 Å². The summed E-state index contributed by atoms with van der Waals surface area (Å²) in [5, 5.41) is 17.5. The Hall–Kier alpha value is -4.37. The third kappa shape index (κ3) is 5.21. The average molecular weight is 444 g/mol. The lowest BCUT2D eigenvalue weighted by Gasteiger charge is -2.04. The topological polar surface area (TPSA) is 107 Å². The molecule has 1 aromatic heterocycles. The molecule has 0 unspecified atom stereocenters. The second-order valence-corrected chi connectivity index (χ2v) is 7.39. The lowest BCUT2D eigenvalue weighted by atomic mass is 10.2. The standard InChI is InChI=1S/C23H16N4O4S/c28-22(18-8-10-19(11-9-18)27(29)30)31-20-12-6-16(7-13-20)14-24-26-23-25-21(15-32-23)17-4-2-1-3-5-17/h1-15H,(H,25,26). The Morgan fingerprint density at radius 3 is 2.44 bits per heavy atom. The molecule has 32 heavy (non-hydrogen) atoms. The highest BCUT2D eigenvalue weighted by Gasteiger charge is 2.11. The van der Waals surface area contributed by atoms with Gasteiger partial charge in [0.05, 0.1) is 22.4 Å². The fourth-order valence-electron chi connectivity index (χ4n) is 2.74. The first-order chi connectivity index (χ1) is 15.6. The second-order valence-electron chi connectivity index (χ2n) is 6.54. The summed E-state index contributed by atoms with van der Waals surface area (Å²) in [5.41, 5.74) is 5.77. The van der Waals surface area contributed by atoms with Crippen molar-refractivity contribution in [3.8, 4) is 17.0 Å². The van der Waals surface area contributed by atoms with Gasteiger partial charge in [0.2, 0.25) is 5.13 Å². The van der Waals surface area contributed by atoms with E-state index in [1.54, 1.807) is 30.5 Å². The number of ether oxygens (including phenoxy) is 1. The molecule has 3 aromatic carbocycles. The number of benzene rings is 3. The number of esters is 1. The molecule has 0 bridgehead atoms. The molecule has 0 atom stereocenters. The molecule has 4 aromatic rings. The number of carbonyl (C=O) groups excluding carboxylic acids is 1. The fourth-order valence-corrected chi connectivity index (χ4v) is 3.40. The van der Waals surface area contributed by atoms with Crippen molar-refractivity contribution < 1.29 is 14.5 Å². The number of rotatable bonds is 7. The van der Waals surface area contributed by atoms with E-state index >= 15 is 0 Å². The van der Waals surface area contributed by atoms with Crippen LogP contribution in [0.25, 0.3) is 11.3 Å². The van der Waals surface area contributed by atoms with Crippen molar-refractivity contribution in [2.75, 3.05) is 5.43 Å². The number of nitro groups is 1. The summed E-state index contributed by atoms with van der Waals surface area (Å²) in [5.74, 6) is -0.244. The molecule has 4 rings (SSSR count). The highest BCUT2D eigenvalue weighted by molar-refractivity contribution is 7.14. The molecular weight excluding hydrogens is 428 g/mol. The molecule has 1 heterocycles.